The van der Waals surface area contributed by atoms with E-state index in [4.69, 9.17) is 32.7 Å². The Hall–Kier alpha value is -3.23. The van der Waals surface area contributed by atoms with E-state index in [1.807, 2.05) is 6.07 Å². The summed E-state index contributed by atoms with van der Waals surface area (Å²) in [6.07, 6.45) is 1.72. The summed E-state index contributed by atoms with van der Waals surface area (Å²) < 4.78 is 12.8. The topological polar surface area (TPSA) is 85.7 Å². The molecule has 1 aromatic heterocycles. The van der Waals surface area contributed by atoms with Crippen LogP contribution in [0.1, 0.15) is 12.0 Å². The van der Waals surface area contributed by atoms with Gasteiger partial charge >= 0.3 is 0 Å². The number of carbonyl (C=O) groups is 2. The third-order valence-corrected chi connectivity index (χ3v) is 6.22. The van der Waals surface area contributed by atoms with Crippen molar-refractivity contribution in [2.24, 2.45) is 5.92 Å². The quantitative estimate of drug-likeness (QED) is 0.588. The predicted molar refractivity (Wildman–Crippen MR) is 124 cm³/mol. The number of hydrogen-bond acceptors (Lipinski definition) is 5. The lowest BCUT2D eigenvalue weighted by Crippen LogP contribution is -2.29. The first kappa shape index (κ1) is 21.6. The van der Waals surface area contributed by atoms with Crippen molar-refractivity contribution in [3.05, 3.63) is 64.3 Å². The minimum Gasteiger partial charge on any atom is -0.486 e. The van der Waals surface area contributed by atoms with Gasteiger partial charge in [0.1, 0.15) is 19.0 Å². The second kappa shape index (κ2) is 8.96. The maximum Gasteiger partial charge on any atom is 0.230 e. The highest BCUT2D eigenvalue weighted by atomic mass is 35.5. The molecule has 2 amide bonds. The van der Waals surface area contributed by atoms with Crippen molar-refractivity contribution in [1.82, 2.24) is 9.78 Å². The van der Waals surface area contributed by atoms with Crippen molar-refractivity contribution in [3.8, 4) is 11.5 Å². The van der Waals surface area contributed by atoms with Crippen LogP contribution in [0.15, 0.2) is 48.7 Å². The summed E-state index contributed by atoms with van der Waals surface area (Å²) in [6.45, 7) is 1.61. The zero-order chi connectivity index (χ0) is 22.9. The van der Waals surface area contributed by atoms with E-state index in [0.29, 0.717) is 52.8 Å². The number of hydrogen-bond donors (Lipinski definition) is 1. The van der Waals surface area contributed by atoms with Crippen molar-refractivity contribution < 1.29 is 19.1 Å². The Labute approximate surface area is 200 Å². The van der Waals surface area contributed by atoms with Crippen LogP contribution in [0, 0.1) is 5.92 Å². The summed E-state index contributed by atoms with van der Waals surface area (Å²) in [7, 11) is 0. The minimum atomic E-state index is -0.492. The van der Waals surface area contributed by atoms with Gasteiger partial charge in [-0.2, -0.15) is 5.10 Å². The molecular formula is C23H20Cl2N4O4. The highest BCUT2D eigenvalue weighted by Gasteiger charge is 2.36. The molecular weight excluding hydrogens is 467 g/mol. The molecule has 2 aliphatic rings. The second-order valence-electron chi connectivity index (χ2n) is 7.83. The molecule has 1 N–H and O–H groups in total. The third-order valence-electron chi connectivity index (χ3n) is 5.64. The molecule has 0 spiro atoms. The standard InChI is InChI=1S/C23H20Cl2N4O4/c24-16-2-1-14(18(25)10-16)13-29-21(5-6-26-29)27-23(31)15-9-22(30)28(12-15)17-3-4-19-20(11-17)33-8-7-32-19/h1-6,10-11,15H,7-9,12-13H2,(H,27,31). The summed E-state index contributed by atoms with van der Waals surface area (Å²) in [5, 5.41) is 8.24. The number of nitrogens with one attached hydrogen (secondary N) is 1. The lowest BCUT2D eigenvalue weighted by Gasteiger charge is -2.22. The number of rotatable bonds is 5. The van der Waals surface area contributed by atoms with E-state index < -0.39 is 5.92 Å². The SMILES string of the molecule is O=C(Nc1ccnn1Cc1ccc(Cl)cc1Cl)C1CC(=O)N(c2ccc3c(c2)OCCO3)C1. The number of benzene rings is 2. The van der Waals surface area contributed by atoms with Crippen molar-refractivity contribution in [2.45, 2.75) is 13.0 Å². The van der Waals surface area contributed by atoms with Gasteiger partial charge in [-0.15, -0.1) is 0 Å². The first-order valence-electron chi connectivity index (χ1n) is 10.4. The summed E-state index contributed by atoms with van der Waals surface area (Å²) >= 11 is 12.2. The fraction of sp³-hybridized carbons (Fsp3) is 0.261. The molecule has 0 aliphatic carbocycles. The minimum absolute atomic E-state index is 0.117. The molecule has 1 saturated heterocycles. The number of nitrogens with zero attached hydrogens (tertiary/aromatic N) is 3. The molecule has 2 aliphatic heterocycles. The molecule has 0 radical (unpaired) electrons. The number of fused-ring (bicyclic) bond motifs is 1. The van der Waals surface area contributed by atoms with E-state index in [1.165, 1.54) is 0 Å². The van der Waals surface area contributed by atoms with Gasteiger partial charge in [0.25, 0.3) is 0 Å². The molecule has 33 heavy (non-hydrogen) atoms. The Morgan fingerprint density at radius 2 is 1.91 bits per heavy atom. The van der Waals surface area contributed by atoms with E-state index in [-0.39, 0.29) is 24.8 Å². The molecule has 0 saturated carbocycles. The first-order chi connectivity index (χ1) is 16.0. The van der Waals surface area contributed by atoms with Crippen molar-refractivity contribution in [2.75, 3.05) is 30.0 Å². The lowest BCUT2D eigenvalue weighted by atomic mass is 10.1. The Morgan fingerprint density at radius 3 is 2.73 bits per heavy atom. The fourth-order valence-electron chi connectivity index (χ4n) is 3.94. The molecule has 0 bridgehead atoms. The number of ether oxygens (including phenoxy) is 2. The van der Waals surface area contributed by atoms with Gasteiger partial charge < -0.3 is 19.7 Å². The molecule has 8 nitrogen and oxygen atoms in total. The summed E-state index contributed by atoms with van der Waals surface area (Å²) in [6, 6.07) is 12.3. The van der Waals surface area contributed by atoms with Crippen LogP contribution in [-0.4, -0.2) is 41.4 Å². The van der Waals surface area contributed by atoms with Gasteiger partial charge in [-0.3, -0.25) is 9.59 Å². The van der Waals surface area contributed by atoms with Crippen LogP contribution in [0.3, 0.4) is 0 Å². The highest BCUT2D eigenvalue weighted by molar-refractivity contribution is 6.35. The normalized spacial score (nSPS) is 17.3. The van der Waals surface area contributed by atoms with E-state index in [2.05, 4.69) is 10.4 Å². The number of carbonyl (C=O) groups excluding carboxylic acids is 2. The second-order valence-corrected chi connectivity index (χ2v) is 8.68. The zero-order valence-electron chi connectivity index (χ0n) is 17.5. The Bertz CT molecular complexity index is 1230. The molecule has 3 aromatic rings. The van der Waals surface area contributed by atoms with Crippen molar-refractivity contribution in [3.63, 3.8) is 0 Å². The largest absolute Gasteiger partial charge is 0.486 e. The number of aromatic nitrogens is 2. The fourth-order valence-corrected chi connectivity index (χ4v) is 4.41. The Morgan fingerprint density at radius 1 is 1.09 bits per heavy atom. The van der Waals surface area contributed by atoms with Crippen LogP contribution in [0.25, 0.3) is 0 Å². The van der Waals surface area contributed by atoms with Crippen molar-refractivity contribution >= 4 is 46.5 Å². The predicted octanol–water partition coefficient (Wildman–Crippen LogP) is 4.00. The van der Waals surface area contributed by atoms with E-state index in [0.717, 1.165) is 5.56 Å². The van der Waals surface area contributed by atoms with Crippen LogP contribution >= 0.6 is 23.2 Å². The van der Waals surface area contributed by atoms with Crippen LogP contribution in [-0.2, 0) is 16.1 Å². The highest BCUT2D eigenvalue weighted by Crippen LogP contribution is 2.36. The monoisotopic (exact) mass is 486 g/mol. The average Bonchev–Trinajstić information content (AvgIpc) is 3.41. The Kier molecular flexibility index (Phi) is 5.86. The van der Waals surface area contributed by atoms with Gasteiger partial charge in [0.05, 0.1) is 18.7 Å². The molecule has 2 aromatic carbocycles. The molecule has 1 unspecified atom stereocenters. The van der Waals surface area contributed by atoms with E-state index >= 15 is 0 Å². The molecule has 5 rings (SSSR count). The average molecular weight is 487 g/mol. The number of anilines is 2. The smallest absolute Gasteiger partial charge is 0.230 e. The van der Waals surface area contributed by atoms with E-state index in [9.17, 15) is 9.59 Å². The summed E-state index contributed by atoms with van der Waals surface area (Å²) in [5.74, 6) is 0.925. The molecule has 170 valence electrons. The molecule has 3 heterocycles. The van der Waals surface area contributed by atoms with Crippen molar-refractivity contribution in [1.29, 1.82) is 0 Å². The first-order valence-corrected chi connectivity index (χ1v) is 11.2. The summed E-state index contributed by atoms with van der Waals surface area (Å²) in [5.41, 5.74) is 1.50. The van der Waals surface area contributed by atoms with Gasteiger partial charge in [-0.1, -0.05) is 29.3 Å². The lowest BCUT2D eigenvalue weighted by molar-refractivity contribution is -0.122. The van der Waals surface area contributed by atoms with Gasteiger partial charge in [0.15, 0.2) is 11.5 Å². The van der Waals surface area contributed by atoms with Crippen LogP contribution in [0.2, 0.25) is 10.0 Å². The molecule has 10 heteroatoms. The van der Waals surface area contributed by atoms with Crippen LogP contribution in [0.4, 0.5) is 11.5 Å². The maximum absolute atomic E-state index is 13.0. The Balaban J connectivity index is 1.27. The number of amides is 2. The van der Waals surface area contributed by atoms with E-state index in [1.54, 1.807) is 52.2 Å². The van der Waals surface area contributed by atoms with Crippen LogP contribution in [0.5, 0.6) is 11.5 Å². The van der Waals surface area contributed by atoms with Crippen LogP contribution < -0.4 is 19.7 Å². The number of halogens is 2. The van der Waals surface area contributed by atoms with Gasteiger partial charge in [0, 0.05) is 40.8 Å². The zero-order valence-corrected chi connectivity index (χ0v) is 19.0. The molecule has 1 atom stereocenters. The van der Waals surface area contributed by atoms with Gasteiger partial charge in [-0.05, 0) is 29.8 Å². The summed E-state index contributed by atoms with van der Waals surface area (Å²) in [4.78, 5) is 27.2. The van der Waals surface area contributed by atoms with Gasteiger partial charge in [-0.25, -0.2) is 4.68 Å². The molecule has 1 fully saturated rings. The van der Waals surface area contributed by atoms with Gasteiger partial charge in [0.2, 0.25) is 11.8 Å². The maximum atomic E-state index is 13.0. The third kappa shape index (κ3) is 4.49.